The molecule has 0 saturated carbocycles. The minimum absolute atomic E-state index is 0.00700. The minimum Gasteiger partial charge on any atom is -0.459 e. The average Bonchev–Trinajstić information content (AvgIpc) is 3.53. The van der Waals surface area contributed by atoms with Crippen LogP contribution in [0.15, 0.2) is 42.0 Å². The van der Waals surface area contributed by atoms with Crippen LogP contribution in [0.5, 0.6) is 11.5 Å². The van der Waals surface area contributed by atoms with E-state index in [4.69, 9.17) is 9.47 Å². The van der Waals surface area contributed by atoms with Gasteiger partial charge in [-0.3, -0.25) is 14.9 Å². The first-order valence-corrected chi connectivity index (χ1v) is 27.6. The van der Waals surface area contributed by atoms with Crippen LogP contribution < -0.4 is 14.4 Å². The van der Waals surface area contributed by atoms with Crippen molar-refractivity contribution < 1.29 is 19.2 Å². The number of carbonyl (C=O) groups excluding carboxylic acids is 1. The number of non-ortho nitro benzene ring substituents is 1. The lowest BCUT2D eigenvalue weighted by atomic mass is 9.85. The third kappa shape index (κ3) is 18.7. The Morgan fingerprint density at radius 1 is 0.631 bits per heavy atom. The van der Waals surface area contributed by atoms with E-state index in [1.165, 1.54) is 210 Å². The number of nitro benzene ring substituents is 1. The second-order valence-corrected chi connectivity index (χ2v) is 20.1. The van der Waals surface area contributed by atoms with Crippen molar-refractivity contribution in [3.8, 4) is 11.5 Å². The number of hydrogen-bond donors (Lipinski definition) is 0. The molecule has 0 amide bonds. The fraction of sp³-hybridized carbons (Fsp3) is 0.741. The van der Waals surface area contributed by atoms with E-state index in [9.17, 15) is 14.9 Å². The van der Waals surface area contributed by atoms with Crippen LogP contribution in [0.1, 0.15) is 276 Å². The standard InChI is InChI=1S/C58H94N2O5/c1-5-7-9-11-13-15-17-19-21-23-24-25-26-28-30-32-34-36-38-44-56(61)64-55-48-52(60(62)63)47-51-46-49(3)58(65-57(51)55)50(4)53-42-39-40-43-54(53)59(58)45-41-37-35-33-31-29-27-22-20-18-16-14-12-10-8-6-2/h39-40,42-43,46-48,50H,5-38,41,44-45H2,1-4H3. The van der Waals surface area contributed by atoms with Crippen molar-refractivity contribution in [3.05, 3.63) is 63.2 Å². The van der Waals surface area contributed by atoms with Gasteiger partial charge in [-0.25, -0.2) is 0 Å². The summed E-state index contributed by atoms with van der Waals surface area (Å²) in [5.74, 6) is 0.189. The Morgan fingerprint density at radius 2 is 1.05 bits per heavy atom. The highest BCUT2D eigenvalue weighted by molar-refractivity contribution is 5.79. The zero-order valence-corrected chi connectivity index (χ0v) is 42.2. The van der Waals surface area contributed by atoms with E-state index in [1.807, 2.05) is 6.08 Å². The van der Waals surface area contributed by atoms with Gasteiger partial charge in [-0.1, -0.05) is 251 Å². The summed E-state index contributed by atoms with van der Waals surface area (Å²) in [5, 5.41) is 12.1. The molecule has 0 aromatic heterocycles. The maximum atomic E-state index is 13.3. The lowest BCUT2D eigenvalue weighted by Gasteiger charge is -2.46. The Bertz CT molecular complexity index is 1650. The van der Waals surface area contributed by atoms with Gasteiger partial charge in [0.2, 0.25) is 5.72 Å². The van der Waals surface area contributed by atoms with Crippen LogP contribution in [0.25, 0.3) is 6.08 Å². The minimum atomic E-state index is -0.823. The molecule has 0 saturated heterocycles. The summed E-state index contributed by atoms with van der Waals surface area (Å²) in [6.45, 7) is 9.70. The number of para-hydroxylation sites is 1. The van der Waals surface area contributed by atoms with Gasteiger partial charge in [0.05, 0.1) is 11.0 Å². The Labute approximate surface area is 397 Å². The number of ether oxygens (including phenoxy) is 2. The fourth-order valence-corrected chi connectivity index (χ4v) is 10.6. The Hall–Kier alpha value is -3.35. The number of anilines is 1. The van der Waals surface area contributed by atoms with Gasteiger partial charge >= 0.3 is 5.97 Å². The van der Waals surface area contributed by atoms with Gasteiger partial charge in [0.1, 0.15) is 0 Å². The first-order chi connectivity index (χ1) is 31.8. The van der Waals surface area contributed by atoms with Crippen molar-refractivity contribution in [2.24, 2.45) is 0 Å². The average molecular weight is 899 g/mol. The topological polar surface area (TPSA) is 81.9 Å². The molecular formula is C58H94N2O5. The molecule has 7 heteroatoms. The highest BCUT2D eigenvalue weighted by atomic mass is 16.6. The maximum Gasteiger partial charge on any atom is 0.311 e. The van der Waals surface area contributed by atoms with Crippen molar-refractivity contribution in [2.45, 2.75) is 270 Å². The molecule has 2 unspecified atom stereocenters. The molecule has 0 bridgehead atoms. The normalized spacial score (nSPS) is 16.4. The predicted molar refractivity (Wildman–Crippen MR) is 276 cm³/mol. The number of esters is 1. The van der Waals surface area contributed by atoms with E-state index >= 15 is 0 Å². The number of fused-ring (bicyclic) bond motifs is 2. The number of nitrogens with zero attached hydrogens (tertiary/aromatic N) is 2. The molecule has 65 heavy (non-hydrogen) atoms. The second kappa shape index (κ2) is 32.4. The summed E-state index contributed by atoms with van der Waals surface area (Å²) in [6.07, 6.45) is 48.3. The molecule has 0 aliphatic carbocycles. The number of nitro groups is 1. The van der Waals surface area contributed by atoms with Gasteiger partial charge in [-0.05, 0) is 43.0 Å². The summed E-state index contributed by atoms with van der Waals surface area (Å²) in [6, 6.07) is 11.5. The largest absolute Gasteiger partial charge is 0.459 e. The molecule has 0 fully saturated rings. The molecule has 0 N–H and O–H groups in total. The van der Waals surface area contributed by atoms with Crippen LogP contribution in [0.3, 0.4) is 0 Å². The van der Waals surface area contributed by atoms with E-state index < -0.39 is 10.6 Å². The molecule has 366 valence electrons. The monoisotopic (exact) mass is 899 g/mol. The third-order valence-electron chi connectivity index (χ3n) is 14.6. The summed E-state index contributed by atoms with van der Waals surface area (Å²) >= 11 is 0. The lowest BCUT2D eigenvalue weighted by molar-refractivity contribution is -0.385. The van der Waals surface area contributed by atoms with E-state index in [0.29, 0.717) is 11.3 Å². The number of rotatable bonds is 39. The summed E-state index contributed by atoms with van der Waals surface area (Å²) < 4.78 is 13.2. The summed E-state index contributed by atoms with van der Waals surface area (Å²) in [4.78, 5) is 27.4. The van der Waals surface area contributed by atoms with Crippen molar-refractivity contribution >= 4 is 23.4 Å². The molecule has 2 aromatic rings. The first kappa shape index (κ1) is 54.3. The van der Waals surface area contributed by atoms with Gasteiger partial charge in [0.15, 0.2) is 11.5 Å². The molecule has 2 atom stereocenters. The Morgan fingerprint density at radius 3 is 1.49 bits per heavy atom. The zero-order chi connectivity index (χ0) is 46.4. The number of carbonyl (C=O) groups is 1. The van der Waals surface area contributed by atoms with Gasteiger partial charge in [-0.2, -0.15) is 0 Å². The second-order valence-electron chi connectivity index (χ2n) is 20.1. The Balaban J connectivity index is 1.19. The molecule has 0 radical (unpaired) electrons. The van der Waals surface area contributed by atoms with Crippen LogP contribution in [0, 0.1) is 10.1 Å². The van der Waals surface area contributed by atoms with Crippen LogP contribution in [-0.2, 0) is 4.79 Å². The zero-order valence-electron chi connectivity index (χ0n) is 42.2. The third-order valence-corrected chi connectivity index (χ3v) is 14.6. The van der Waals surface area contributed by atoms with Crippen LogP contribution in [-0.4, -0.2) is 23.2 Å². The van der Waals surface area contributed by atoms with Gasteiger partial charge < -0.3 is 14.4 Å². The molecule has 2 aliphatic rings. The van der Waals surface area contributed by atoms with Crippen molar-refractivity contribution in [1.82, 2.24) is 0 Å². The molecule has 2 aliphatic heterocycles. The van der Waals surface area contributed by atoms with Crippen LogP contribution >= 0.6 is 0 Å². The van der Waals surface area contributed by atoms with E-state index in [-0.39, 0.29) is 29.7 Å². The van der Waals surface area contributed by atoms with Crippen LogP contribution in [0.4, 0.5) is 11.4 Å². The van der Waals surface area contributed by atoms with Gasteiger partial charge in [0.25, 0.3) is 5.69 Å². The van der Waals surface area contributed by atoms with E-state index in [2.05, 4.69) is 56.9 Å². The smallest absolute Gasteiger partial charge is 0.311 e. The SMILES string of the molecule is CCCCCCCCCCCCCCCCCCCCCC(=O)Oc1cc([N+](=O)[O-])cc2c1OC1(C(C)=C2)C(C)c2ccccc2N1CCCCCCCCCCCCCCCCCC. The van der Waals surface area contributed by atoms with Gasteiger partial charge in [-0.15, -0.1) is 0 Å². The lowest BCUT2D eigenvalue weighted by Crippen LogP contribution is -2.55. The Kier molecular flexibility index (Phi) is 27.0. The van der Waals surface area contributed by atoms with E-state index in [1.54, 1.807) is 6.07 Å². The molecule has 2 aromatic carbocycles. The fourth-order valence-electron chi connectivity index (χ4n) is 10.6. The molecular weight excluding hydrogens is 805 g/mol. The molecule has 7 nitrogen and oxygen atoms in total. The van der Waals surface area contributed by atoms with Gasteiger partial charge in [0, 0.05) is 36.2 Å². The molecule has 2 heterocycles. The highest BCUT2D eigenvalue weighted by Crippen LogP contribution is 2.56. The molecule has 4 rings (SSSR count). The predicted octanol–water partition coefficient (Wildman–Crippen LogP) is 18.7. The summed E-state index contributed by atoms with van der Waals surface area (Å²) in [7, 11) is 0. The van der Waals surface area contributed by atoms with Crippen LogP contribution in [0.2, 0.25) is 0 Å². The number of benzene rings is 2. The quantitative estimate of drug-likeness (QED) is 0.0219. The number of hydrogen-bond acceptors (Lipinski definition) is 6. The maximum absolute atomic E-state index is 13.3. The van der Waals surface area contributed by atoms with E-state index in [0.717, 1.165) is 44.2 Å². The van der Waals surface area contributed by atoms with Crippen molar-refractivity contribution in [1.29, 1.82) is 0 Å². The van der Waals surface area contributed by atoms with Crippen molar-refractivity contribution in [3.63, 3.8) is 0 Å². The van der Waals surface area contributed by atoms with Crippen molar-refractivity contribution in [2.75, 3.05) is 11.4 Å². The first-order valence-electron chi connectivity index (χ1n) is 27.6. The highest BCUT2D eigenvalue weighted by Gasteiger charge is 2.54. The molecule has 1 spiro atoms. The summed E-state index contributed by atoms with van der Waals surface area (Å²) in [5.41, 5.74) is 3.05. The number of unbranched alkanes of at least 4 members (excludes halogenated alkanes) is 33.